The molecule has 1 aromatic carbocycles. The molecule has 2 aromatic rings. The van der Waals surface area contributed by atoms with E-state index in [-0.39, 0.29) is 0 Å². The molecule has 0 atom stereocenters. The zero-order chi connectivity index (χ0) is 16.1. The molecule has 1 aliphatic rings. The summed E-state index contributed by atoms with van der Waals surface area (Å²) in [6.07, 6.45) is 10.7. The molecule has 0 radical (unpaired) electrons. The van der Waals surface area contributed by atoms with Gasteiger partial charge in [0.05, 0.1) is 0 Å². The first-order chi connectivity index (χ1) is 11.3. The minimum absolute atomic E-state index is 0.533. The van der Waals surface area contributed by atoms with E-state index in [4.69, 9.17) is 12.2 Å². The van der Waals surface area contributed by atoms with Crippen molar-refractivity contribution in [2.24, 2.45) is 5.92 Å². The molecule has 0 unspecified atom stereocenters. The van der Waals surface area contributed by atoms with Crippen LogP contribution in [0, 0.1) is 10.7 Å². The summed E-state index contributed by atoms with van der Waals surface area (Å²) in [6, 6.07) is 10.3. The molecule has 1 fully saturated rings. The minimum atomic E-state index is 0.533. The first-order valence-electron chi connectivity index (χ1n) is 9.02. The van der Waals surface area contributed by atoms with E-state index in [0.29, 0.717) is 10.7 Å². The van der Waals surface area contributed by atoms with Crippen molar-refractivity contribution in [2.75, 3.05) is 0 Å². The van der Waals surface area contributed by atoms with Crippen molar-refractivity contribution in [1.29, 1.82) is 0 Å². The second-order valence-corrected chi connectivity index (χ2v) is 7.16. The lowest BCUT2D eigenvalue weighted by molar-refractivity contribution is 0.295. The molecule has 1 heterocycles. The molecule has 0 saturated heterocycles. The summed E-state index contributed by atoms with van der Waals surface area (Å²) in [7, 11) is 0. The smallest absolute Gasteiger partial charge is 0.199 e. The second kappa shape index (κ2) is 7.91. The lowest BCUT2D eigenvalue weighted by Crippen LogP contribution is -2.16. The van der Waals surface area contributed by atoms with Crippen molar-refractivity contribution in [3.05, 3.63) is 40.9 Å². The minimum Gasteiger partial charge on any atom is -0.272 e. The number of rotatable bonds is 6. The van der Waals surface area contributed by atoms with Gasteiger partial charge in [-0.3, -0.25) is 9.67 Å². The standard InChI is InChI=1S/C19H27N3S/c1-2-3-5-8-15-11-13-16(14-12-15)18-20-21-19(23)22(18)17-9-6-4-7-10-17/h4,6-7,9-10,15-16H,2-3,5,8,11-14H2,1H3,(H,21,23). The number of para-hydroxylation sites is 1. The van der Waals surface area contributed by atoms with Crippen LogP contribution in [0.25, 0.3) is 5.69 Å². The van der Waals surface area contributed by atoms with Gasteiger partial charge in [-0.15, -0.1) is 0 Å². The highest BCUT2D eigenvalue weighted by atomic mass is 32.1. The third kappa shape index (κ3) is 3.92. The Kier molecular flexibility index (Phi) is 5.65. The van der Waals surface area contributed by atoms with E-state index in [2.05, 4.69) is 46.0 Å². The average Bonchev–Trinajstić information content (AvgIpc) is 2.98. The van der Waals surface area contributed by atoms with Crippen LogP contribution in [0.5, 0.6) is 0 Å². The Morgan fingerprint density at radius 2 is 1.87 bits per heavy atom. The first-order valence-corrected chi connectivity index (χ1v) is 9.43. The van der Waals surface area contributed by atoms with Crippen LogP contribution in [-0.4, -0.2) is 14.8 Å². The Hall–Kier alpha value is -1.42. The molecule has 0 bridgehead atoms. The quantitative estimate of drug-likeness (QED) is 0.538. The van der Waals surface area contributed by atoms with Gasteiger partial charge in [0.15, 0.2) is 4.77 Å². The zero-order valence-electron chi connectivity index (χ0n) is 14.0. The lowest BCUT2D eigenvalue weighted by Gasteiger charge is -2.28. The maximum absolute atomic E-state index is 5.46. The molecular formula is C19H27N3S. The lowest BCUT2D eigenvalue weighted by atomic mass is 9.79. The van der Waals surface area contributed by atoms with Crippen LogP contribution in [0.2, 0.25) is 0 Å². The normalized spacial score (nSPS) is 21.4. The van der Waals surface area contributed by atoms with E-state index < -0.39 is 0 Å². The molecule has 3 nitrogen and oxygen atoms in total. The van der Waals surface area contributed by atoms with E-state index in [1.165, 1.54) is 51.4 Å². The van der Waals surface area contributed by atoms with E-state index in [9.17, 15) is 0 Å². The van der Waals surface area contributed by atoms with Crippen LogP contribution in [0.15, 0.2) is 30.3 Å². The molecule has 4 heteroatoms. The molecule has 1 saturated carbocycles. The molecule has 23 heavy (non-hydrogen) atoms. The van der Waals surface area contributed by atoms with Gasteiger partial charge in [-0.1, -0.05) is 50.8 Å². The molecule has 0 spiro atoms. The van der Waals surface area contributed by atoms with Crippen LogP contribution in [-0.2, 0) is 0 Å². The van der Waals surface area contributed by atoms with Crippen LogP contribution >= 0.6 is 12.2 Å². The summed E-state index contributed by atoms with van der Waals surface area (Å²) in [6.45, 7) is 2.28. The SMILES string of the molecule is CCCCCC1CCC(c2n[nH]c(=S)n2-c2ccccc2)CC1. The average molecular weight is 330 g/mol. The molecule has 3 rings (SSSR count). The Balaban J connectivity index is 1.69. The van der Waals surface area contributed by atoms with E-state index in [0.717, 1.165) is 17.4 Å². The fourth-order valence-electron chi connectivity index (χ4n) is 3.80. The van der Waals surface area contributed by atoms with E-state index in [1.54, 1.807) is 0 Å². The molecule has 1 aliphatic carbocycles. The number of unbranched alkanes of at least 4 members (excludes halogenated alkanes) is 2. The third-order valence-electron chi connectivity index (χ3n) is 5.14. The highest BCUT2D eigenvalue weighted by Gasteiger charge is 2.26. The number of aromatic nitrogens is 3. The Morgan fingerprint density at radius 1 is 1.13 bits per heavy atom. The monoisotopic (exact) mass is 329 g/mol. The summed E-state index contributed by atoms with van der Waals surface area (Å²) in [5, 5.41) is 7.56. The molecular weight excluding hydrogens is 302 g/mol. The van der Waals surface area contributed by atoms with Crippen LogP contribution in [0.4, 0.5) is 0 Å². The van der Waals surface area contributed by atoms with Crippen molar-refractivity contribution in [3.8, 4) is 5.69 Å². The number of H-pyrrole nitrogens is 1. The fourth-order valence-corrected chi connectivity index (χ4v) is 4.05. The van der Waals surface area contributed by atoms with Crippen LogP contribution in [0.1, 0.15) is 70.0 Å². The highest BCUT2D eigenvalue weighted by Crippen LogP contribution is 2.37. The van der Waals surface area contributed by atoms with E-state index >= 15 is 0 Å². The number of hydrogen-bond acceptors (Lipinski definition) is 2. The van der Waals surface area contributed by atoms with E-state index in [1.807, 2.05) is 6.07 Å². The van der Waals surface area contributed by atoms with Gasteiger partial charge in [-0.25, -0.2) is 0 Å². The van der Waals surface area contributed by atoms with Gasteiger partial charge in [-0.2, -0.15) is 5.10 Å². The predicted molar refractivity (Wildman–Crippen MR) is 97.6 cm³/mol. The van der Waals surface area contributed by atoms with Crippen LogP contribution < -0.4 is 0 Å². The van der Waals surface area contributed by atoms with Gasteiger partial charge in [-0.05, 0) is 56.0 Å². The van der Waals surface area contributed by atoms with Crippen LogP contribution in [0.3, 0.4) is 0 Å². The van der Waals surface area contributed by atoms with Gasteiger partial charge in [0.25, 0.3) is 0 Å². The zero-order valence-corrected chi connectivity index (χ0v) is 14.8. The number of nitrogens with zero attached hydrogens (tertiary/aromatic N) is 2. The molecule has 1 aromatic heterocycles. The summed E-state index contributed by atoms with van der Waals surface area (Å²) in [5.74, 6) is 2.57. The number of hydrogen-bond donors (Lipinski definition) is 1. The largest absolute Gasteiger partial charge is 0.272 e. The second-order valence-electron chi connectivity index (χ2n) is 6.77. The Bertz CT molecular complexity index is 651. The van der Waals surface area contributed by atoms with Gasteiger partial charge < -0.3 is 0 Å². The van der Waals surface area contributed by atoms with Crippen molar-refractivity contribution in [2.45, 2.75) is 64.2 Å². The molecule has 124 valence electrons. The molecule has 0 amide bonds. The first kappa shape index (κ1) is 16.4. The Morgan fingerprint density at radius 3 is 2.57 bits per heavy atom. The van der Waals surface area contributed by atoms with Crippen molar-refractivity contribution in [1.82, 2.24) is 14.8 Å². The van der Waals surface area contributed by atoms with Gasteiger partial charge in [0.1, 0.15) is 5.82 Å². The van der Waals surface area contributed by atoms with Crippen molar-refractivity contribution >= 4 is 12.2 Å². The maximum Gasteiger partial charge on any atom is 0.199 e. The van der Waals surface area contributed by atoms with Gasteiger partial charge in [0, 0.05) is 11.6 Å². The summed E-state index contributed by atoms with van der Waals surface area (Å²) >= 11 is 5.46. The van der Waals surface area contributed by atoms with Crippen molar-refractivity contribution < 1.29 is 0 Å². The third-order valence-corrected chi connectivity index (χ3v) is 5.41. The van der Waals surface area contributed by atoms with Gasteiger partial charge in [0.2, 0.25) is 0 Å². The van der Waals surface area contributed by atoms with Crippen molar-refractivity contribution in [3.63, 3.8) is 0 Å². The maximum atomic E-state index is 5.46. The highest BCUT2D eigenvalue weighted by molar-refractivity contribution is 7.71. The number of nitrogens with one attached hydrogen (secondary N) is 1. The summed E-state index contributed by atoms with van der Waals surface area (Å²) in [5.41, 5.74) is 1.12. The molecule has 1 N–H and O–H groups in total. The number of benzene rings is 1. The van der Waals surface area contributed by atoms with Gasteiger partial charge >= 0.3 is 0 Å². The number of aromatic amines is 1. The molecule has 0 aliphatic heterocycles. The topological polar surface area (TPSA) is 33.6 Å². The predicted octanol–water partition coefficient (Wildman–Crippen LogP) is 5.78. The Labute approximate surface area is 144 Å². The fraction of sp³-hybridized carbons (Fsp3) is 0.579. The summed E-state index contributed by atoms with van der Waals surface area (Å²) < 4.78 is 2.83. The summed E-state index contributed by atoms with van der Waals surface area (Å²) in [4.78, 5) is 0.